The third-order valence-corrected chi connectivity index (χ3v) is 4.80. The molecule has 1 unspecified atom stereocenters. The van der Waals surface area contributed by atoms with Crippen LogP contribution >= 0.6 is 0 Å². The Kier molecular flexibility index (Phi) is 12.1. The highest BCUT2D eigenvalue weighted by Crippen LogP contribution is 2.30. The predicted molar refractivity (Wildman–Crippen MR) is 121 cm³/mol. The number of carbonyl (C=O) groups is 4. The van der Waals surface area contributed by atoms with Gasteiger partial charge in [0.2, 0.25) is 0 Å². The summed E-state index contributed by atoms with van der Waals surface area (Å²) < 4.78 is 20.9. The lowest BCUT2D eigenvalue weighted by atomic mass is 10.1. The van der Waals surface area contributed by atoms with Crippen molar-refractivity contribution in [3.63, 3.8) is 0 Å². The van der Waals surface area contributed by atoms with Crippen molar-refractivity contribution in [3.8, 4) is 11.5 Å². The highest BCUT2D eigenvalue weighted by molar-refractivity contribution is 5.77. The van der Waals surface area contributed by atoms with Crippen LogP contribution in [0.5, 0.6) is 11.5 Å². The molecular formula is C24H35NO8. The van der Waals surface area contributed by atoms with Crippen molar-refractivity contribution in [2.75, 3.05) is 6.61 Å². The van der Waals surface area contributed by atoms with Gasteiger partial charge in [-0.25, -0.2) is 0 Å². The first-order valence-corrected chi connectivity index (χ1v) is 11.2. The molecule has 0 aromatic heterocycles. The van der Waals surface area contributed by atoms with Crippen molar-refractivity contribution in [3.05, 3.63) is 23.8 Å². The number of benzene rings is 1. The number of hydrogen-bond donors (Lipinski definition) is 1. The van der Waals surface area contributed by atoms with Crippen LogP contribution in [0.25, 0.3) is 0 Å². The molecule has 3 atom stereocenters. The van der Waals surface area contributed by atoms with E-state index in [9.17, 15) is 19.2 Å². The standard InChI is InChI=1S/C24H35NO8/c1-6-15(4)11-23(28)30-14-16(5)31-24(29)18(25)12-17-9-10-19(32-21(26)7-2)20(13-17)33-22(27)8-3/h9-10,13,15-16,18H,6-8,11-12,14,25H2,1-5H3/t15?,16-,18-/m0/s1. The molecule has 2 N–H and O–H groups in total. The normalized spacial score (nSPS) is 13.4. The average molecular weight is 466 g/mol. The van der Waals surface area contributed by atoms with E-state index in [1.807, 2.05) is 13.8 Å². The summed E-state index contributed by atoms with van der Waals surface area (Å²) in [6, 6.07) is 3.61. The SMILES string of the molecule is CCC(=O)Oc1ccc(C[C@H](N)C(=O)O[C@@H](C)COC(=O)CC(C)CC)cc1OC(=O)CC. The Labute approximate surface area is 194 Å². The minimum atomic E-state index is -0.998. The molecule has 0 fully saturated rings. The maximum atomic E-state index is 12.3. The summed E-state index contributed by atoms with van der Waals surface area (Å²) in [5, 5.41) is 0. The van der Waals surface area contributed by atoms with Crippen molar-refractivity contribution in [1.82, 2.24) is 0 Å². The number of carbonyl (C=O) groups excluding carboxylic acids is 4. The fraction of sp³-hybridized carbons (Fsp3) is 0.583. The number of nitrogens with two attached hydrogens (primary N) is 1. The molecule has 0 aliphatic rings. The van der Waals surface area contributed by atoms with Crippen LogP contribution in [0.2, 0.25) is 0 Å². The number of esters is 4. The monoisotopic (exact) mass is 465 g/mol. The summed E-state index contributed by atoms with van der Waals surface area (Å²) >= 11 is 0. The average Bonchev–Trinajstić information content (AvgIpc) is 2.78. The Hall–Kier alpha value is -2.94. The van der Waals surface area contributed by atoms with Gasteiger partial charge in [0.25, 0.3) is 0 Å². The molecule has 0 aliphatic carbocycles. The van der Waals surface area contributed by atoms with Gasteiger partial charge >= 0.3 is 23.9 Å². The highest BCUT2D eigenvalue weighted by atomic mass is 16.6. The molecule has 1 aromatic carbocycles. The second kappa shape index (κ2) is 14.3. The largest absolute Gasteiger partial charge is 0.462 e. The Bertz CT molecular complexity index is 823. The van der Waals surface area contributed by atoms with Crippen molar-refractivity contribution in [1.29, 1.82) is 0 Å². The van der Waals surface area contributed by atoms with E-state index in [2.05, 4.69) is 0 Å². The van der Waals surface area contributed by atoms with Crippen molar-refractivity contribution >= 4 is 23.9 Å². The lowest BCUT2D eigenvalue weighted by molar-refractivity contribution is -0.159. The number of rotatable bonds is 13. The first-order chi connectivity index (χ1) is 15.6. The van der Waals surface area contributed by atoms with Gasteiger partial charge in [-0.2, -0.15) is 0 Å². The third-order valence-electron chi connectivity index (χ3n) is 4.80. The molecule has 0 heterocycles. The molecule has 0 amide bonds. The van der Waals surface area contributed by atoms with E-state index in [4.69, 9.17) is 24.7 Å². The van der Waals surface area contributed by atoms with Crippen LogP contribution in [0, 0.1) is 5.92 Å². The van der Waals surface area contributed by atoms with Crippen LogP contribution < -0.4 is 15.2 Å². The molecule has 1 aromatic rings. The maximum absolute atomic E-state index is 12.3. The zero-order valence-corrected chi connectivity index (χ0v) is 20.1. The fourth-order valence-electron chi connectivity index (χ4n) is 2.59. The number of hydrogen-bond acceptors (Lipinski definition) is 9. The fourth-order valence-corrected chi connectivity index (χ4v) is 2.59. The minimum Gasteiger partial charge on any atom is -0.462 e. The van der Waals surface area contributed by atoms with E-state index in [1.54, 1.807) is 26.8 Å². The van der Waals surface area contributed by atoms with Gasteiger partial charge in [-0.15, -0.1) is 0 Å². The molecule has 1 rings (SSSR count). The van der Waals surface area contributed by atoms with Crippen LogP contribution in [-0.4, -0.2) is 42.6 Å². The lowest BCUT2D eigenvalue weighted by Gasteiger charge is -2.18. The summed E-state index contributed by atoms with van der Waals surface area (Å²) in [6.45, 7) is 8.79. The van der Waals surface area contributed by atoms with Crippen LogP contribution in [0.1, 0.15) is 65.9 Å². The molecule has 0 spiro atoms. The summed E-state index contributed by atoms with van der Waals surface area (Å²) in [5.41, 5.74) is 6.57. The molecule has 33 heavy (non-hydrogen) atoms. The summed E-state index contributed by atoms with van der Waals surface area (Å²) in [7, 11) is 0. The maximum Gasteiger partial charge on any atom is 0.323 e. The summed E-state index contributed by atoms with van der Waals surface area (Å²) in [4.78, 5) is 47.5. The summed E-state index contributed by atoms with van der Waals surface area (Å²) in [5.74, 6) is -1.57. The van der Waals surface area contributed by atoms with E-state index < -0.39 is 30.1 Å². The van der Waals surface area contributed by atoms with Crippen LogP contribution in [0.4, 0.5) is 0 Å². The van der Waals surface area contributed by atoms with E-state index in [-0.39, 0.29) is 49.3 Å². The van der Waals surface area contributed by atoms with Crippen LogP contribution in [0.15, 0.2) is 18.2 Å². The smallest absolute Gasteiger partial charge is 0.323 e. The molecule has 9 nitrogen and oxygen atoms in total. The Morgan fingerprint density at radius 1 is 0.909 bits per heavy atom. The molecule has 184 valence electrons. The van der Waals surface area contributed by atoms with Crippen LogP contribution in [-0.2, 0) is 35.1 Å². The van der Waals surface area contributed by atoms with E-state index >= 15 is 0 Å². The van der Waals surface area contributed by atoms with Gasteiger partial charge in [0, 0.05) is 19.3 Å². The first-order valence-electron chi connectivity index (χ1n) is 11.2. The van der Waals surface area contributed by atoms with E-state index in [0.29, 0.717) is 12.0 Å². The van der Waals surface area contributed by atoms with Gasteiger partial charge in [-0.1, -0.05) is 40.2 Å². The molecule has 0 saturated heterocycles. The van der Waals surface area contributed by atoms with Crippen LogP contribution in [0.3, 0.4) is 0 Å². The molecule has 9 heteroatoms. The predicted octanol–water partition coefficient (Wildman–Crippen LogP) is 3.10. The van der Waals surface area contributed by atoms with Gasteiger partial charge in [-0.05, 0) is 37.0 Å². The van der Waals surface area contributed by atoms with E-state index in [1.165, 1.54) is 12.1 Å². The molecule has 0 radical (unpaired) electrons. The molecule has 0 saturated carbocycles. The minimum absolute atomic E-state index is 0.0532. The second-order valence-electron chi connectivity index (χ2n) is 7.90. The molecule has 0 aliphatic heterocycles. The second-order valence-corrected chi connectivity index (χ2v) is 7.90. The Morgan fingerprint density at radius 3 is 2.09 bits per heavy atom. The Balaban J connectivity index is 2.72. The topological polar surface area (TPSA) is 131 Å². The molecular weight excluding hydrogens is 430 g/mol. The van der Waals surface area contributed by atoms with Gasteiger partial charge < -0.3 is 24.7 Å². The van der Waals surface area contributed by atoms with Gasteiger partial charge in [0.05, 0.1) is 0 Å². The van der Waals surface area contributed by atoms with Gasteiger partial charge in [0.15, 0.2) is 11.5 Å². The number of ether oxygens (including phenoxy) is 4. The quantitative estimate of drug-likeness (QED) is 0.345. The van der Waals surface area contributed by atoms with Crippen molar-refractivity contribution in [2.24, 2.45) is 11.7 Å². The highest BCUT2D eigenvalue weighted by Gasteiger charge is 2.21. The van der Waals surface area contributed by atoms with Crippen molar-refractivity contribution < 1.29 is 38.1 Å². The zero-order valence-electron chi connectivity index (χ0n) is 20.1. The molecule has 0 bridgehead atoms. The van der Waals surface area contributed by atoms with Gasteiger partial charge in [0.1, 0.15) is 18.8 Å². The van der Waals surface area contributed by atoms with Crippen molar-refractivity contribution in [2.45, 2.75) is 78.9 Å². The first kappa shape index (κ1) is 28.1. The third kappa shape index (κ3) is 10.5. The zero-order chi connectivity index (χ0) is 25.0. The van der Waals surface area contributed by atoms with E-state index in [0.717, 1.165) is 6.42 Å². The van der Waals surface area contributed by atoms with Gasteiger partial charge in [-0.3, -0.25) is 19.2 Å². The lowest BCUT2D eigenvalue weighted by Crippen LogP contribution is -2.37. The Morgan fingerprint density at radius 2 is 1.52 bits per heavy atom. The summed E-state index contributed by atoms with van der Waals surface area (Å²) in [6.07, 6.45) is 0.919.